The van der Waals surface area contributed by atoms with E-state index < -0.39 is 0 Å². The van der Waals surface area contributed by atoms with Crippen molar-refractivity contribution in [1.82, 2.24) is 9.78 Å². The van der Waals surface area contributed by atoms with E-state index in [1.54, 1.807) is 0 Å². The Bertz CT molecular complexity index is 344. The number of aryl methyl sites for hydroxylation is 1. The van der Waals surface area contributed by atoms with Crippen LogP contribution in [0, 0.1) is 18.8 Å². The van der Waals surface area contributed by atoms with E-state index in [1.807, 2.05) is 17.8 Å². The topological polar surface area (TPSA) is 17.8 Å². The van der Waals surface area contributed by atoms with Crippen LogP contribution in [0.1, 0.15) is 31.0 Å². The van der Waals surface area contributed by atoms with Gasteiger partial charge in [-0.15, -0.1) is 11.6 Å². The summed E-state index contributed by atoms with van der Waals surface area (Å²) in [7, 11) is 0. The molecule has 14 heavy (non-hydrogen) atoms. The van der Waals surface area contributed by atoms with Crippen molar-refractivity contribution in [3.05, 3.63) is 17.5 Å². The number of halogens is 1. The Labute approximate surface area is 90.3 Å². The smallest absolute Gasteiger partial charge is 0.0654 e. The molecule has 1 aromatic heterocycles. The normalized spacial score (nSPS) is 9.64. The summed E-state index contributed by atoms with van der Waals surface area (Å²) in [6, 6.07) is 0. The van der Waals surface area contributed by atoms with Crippen LogP contribution in [0.4, 0.5) is 0 Å². The van der Waals surface area contributed by atoms with E-state index in [0.29, 0.717) is 5.88 Å². The summed E-state index contributed by atoms with van der Waals surface area (Å²) in [4.78, 5) is 0. The van der Waals surface area contributed by atoms with Crippen LogP contribution in [-0.2, 0) is 6.54 Å². The molecule has 0 aliphatic rings. The van der Waals surface area contributed by atoms with Crippen molar-refractivity contribution in [2.75, 3.05) is 5.88 Å². The summed E-state index contributed by atoms with van der Waals surface area (Å²) in [6.07, 6.45) is 3.64. The molecule has 3 heteroatoms. The third kappa shape index (κ3) is 2.78. The summed E-state index contributed by atoms with van der Waals surface area (Å²) in [6.45, 7) is 5.02. The van der Waals surface area contributed by atoms with Crippen molar-refractivity contribution in [1.29, 1.82) is 0 Å². The maximum Gasteiger partial charge on any atom is 0.0654 e. The highest BCUT2D eigenvalue weighted by Gasteiger charge is 2.00. The van der Waals surface area contributed by atoms with Gasteiger partial charge in [0, 0.05) is 18.8 Å². The van der Waals surface area contributed by atoms with E-state index in [9.17, 15) is 0 Å². The molecule has 0 aliphatic heterocycles. The average Bonchev–Trinajstić information content (AvgIpc) is 2.55. The van der Waals surface area contributed by atoms with E-state index in [-0.39, 0.29) is 0 Å². The molecule has 76 valence electrons. The molecule has 2 nitrogen and oxygen atoms in total. The Hall–Kier alpha value is -0.940. The second-order valence-corrected chi connectivity index (χ2v) is 3.43. The van der Waals surface area contributed by atoms with Crippen molar-refractivity contribution >= 4 is 11.6 Å². The van der Waals surface area contributed by atoms with Gasteiger partial charge in [0.05, 0.1) is 17.5 Å². The van der Waals surface area contributed by atoms with Gasteiger partial charge in [0.2, 0.25) is 0 Å². The fraction of sp³-hybridized carbons (Fsp3) is 0.545. The standard InChI is InChI=1S/C11H15ClN2/c1-3-14-10(2)11(9-13-14)7-5-4-6-8-12/h9H,3-4,6,8H2,1-2H3. The van der Waals surface area contributed by atoms with Crippen LogP contribution in [-0.4, -0.2) is 15.7 Å². The molecule has 1 aromatic rings. The SMILES string of the molecule is CCn1ncc(C#CCCCCl)c1C. The highest BCUT2D eigenvalue weighted by Crippen LogP contribution is 2.04. The second kappa shape index (κ2) is 5.72. The van der Waals surface area contributed by atoms with Crippen LogP contribution < -0.4 is 0 Å². The summed E-state index contributed by atoms with van der Waals surface area (Å²) in [5.74, 6) is 6.89. The molecule has 0 saturated carbocycles. The first-order valence-corrected chi connectivity index (χ1v) is 5.40. The van der Waals surface area contributed by atoms with E-state index in [0.717, 1.165) is 30.6 Å². The Morgan fingerprint density at radius 2 is 2.36 bits per heavy atom. The number of unbranched alkanes of at least 4 members (excludes halogenated alkanes) is 1. The number of rotatable bonds is 3. The summed E-state index contributed by atoms with van der Waals surface area (Å²) >= 11 is 5.56. The van der Waals surface area contributed by atoms with Crippen LogP contribution >= 0.6 is 11.6 Å². The molecular formula is C11H15ClN2. The lowest BCUT2D eigenvalue weighted by Gasteiger charge is -1.97. The zero-order chi connectivity index (χ0) is 10.4. The number of aromatic nitrogens is 2. The van der Waals surface area contributed by atoms with E-state index in [4.69, 9.17) is 11.6 Å². The molecule has 0 aromatic carbocycles. The lowest BCUT2D eigenvalue weighted by atomic mass is 10.2. The lowest BCUT2D eigenvalue weighted by molar-refractivity contribution is 0.639. The molecule has 0 spiro atoms. The molecule has 0 bridgehead atoms. The first-order valence-electron chi connectivity index (χ1n) is 4.86. The maximum atomic E-state index is 5.56. The zero-order valence-electron chi connectivity index (χ0n) is 8.68. The minimum atomic E-state index is 0.682. The van der Waals surface area contributed by atoms with Gasteiger partial charge in [-0.2, -0.15) is 5.10 Å². The van der Waals surface area contributed by atoms with Crippen molar-refractivity contribution in [3.8, 4) is 11.8 Å². The fourth-order valence-electron chi connectivity index (χ4n) is 1.20. The minimum Gasteiger partial charge on any atom is -0.269 e. The monoisotopic (exact) mass is 210 g/mol. The van der Waals surface area contributed by atoms with E-state index >= 15 is 0 Å². The molecule has 0 saturated heterocycles. The Morgan fingerprint density at radius 3 is 2.93 bits per heavy atom. The average molecular weight is 211 g/mol. The molecule has 0 N–H and O–H groups in total. The van der Waals surface area contributed by atoms with Crippen molar-refractivity contribution in [3.63, 3.8) is 0 Å². The van der Waals surface area contributed by atoms with Gasteiger partial charge in [0.25, 0.3) is 0 Å². The van der Waals surface area contributed by atoms with Gasteiger partial charge < -0.3 is 0 Å². The van der Waals surface area contributed by atoms with E-state index in [1.165, 1.54) is 0 Å². The zero-order valence-corrected chi connectivity index (χ0v) is 9.43. The molecule has 0 fully saturated rings. The maximum absolute atomic E-state index is 5.56. The second-order valence-electron chi connectivity index (χ2n) is 3.05. The van der Waals surface area contributed by atoms with Crippen LogP contribution in [0.2, 0.25) is 0 Å². The predicted octanol–water partition coefficient (Wildman–Crippen LogP) is 2.58. The first-order chi connectivity index (χ1) is 6.79. The van der Waals surface area contributed by atoms with Gasteiger partial charge in [-0.05, 0) is 20.3 Å². The van der Waals surface area contributed by atoms with Crippen molar-refractivity contribution in [2.24, 2.45) is 0 Å². The van der Waals surface area contributed by atoms with Gasteiger partial charge in [-0.25, -0.2) is 0 Å². The van der Waals surface area contributed by atoms with Crippen molar-refractivity contribution < 1.29 is 0 Å². The number of alkyl halides is 1. The predicted molar refractivity (Wildman–Crippen MR) is 59.5 cm³/mol. The van der Waals surface area contributed by atoms with E-state index in [2.05, 4.69) is 23.9 Å². The lowest BCUT2D eigenvalue weighted by Crippen LogP contribution is -1.98. The van der Waals surface area contributed by atoms with Crippen LogP contribution in [0.5, 0.6) is 0 Å². The third-order valence-electron chi connectivity index (χ3n) is 2.06. The number of nitrogens with zero attached hydrogens (tertiary/aromatic N) is 2. The number of hydrogen-bond acceptors (Lipinski definition) is 1. The molecule has 0 atom stereocenters. The Kier molecular flexibility index (Phi) is 4.55. The van der Waals surface area contributed by atoms with Crippen LogP contribution in [0.3, 0.4) is 0 Å². The minimum absolute atomic E-state index is 0.682. The quantitative estimate of drug-likeness (QED) is 0.426. The molecule has 1 rings (SSSR count). The Morgan fingerprint density at radius 1 is 1.57 bits per heavy atom. The summed E-state index contributed by atoms with van der Waals surface area (Å²) < 4.78 is 1.95. The van der Waals surface area contributed by atoms with Gasteiger partial charge in [0.15, 0.2) is 0 Å². The highest BCUT2D eigenvalue weighted by molar-refractivity contribution is 6.17. The van der Waals surface area contributed by atoms with Gasteiger partial charge in [-0.3, -0.25) is 4.68 Å². The largest absolute Gasteiger partial charge is 0.269 e. The van der Waals surface area contributed by atoms with Crippen molar-refractivity contribution in [2.45, 2.75) is 33.2 Å². The molecule has 1 heterocycles. The van der Waals surface area contributed by atoms with Gasteiger partial charge in [-0.1, -0.05) is 11.8 Å². The molecule has 0 radical (unpaired) electrons. The Balaban J connectivity index is 2.65. The highest BCUT2D eigenvalue weighted by atomic mass is 35.5. The van der Waals surface area contributed by atoms with Crippen LogP contribution in [0.15, 0.2) is 6.20 Å². The van der Waals surface area contributed by atoms with Crippen LogP contribution in [0.25, 0.3) is 0 Å². The number of hydrogen-bond donors (Lipinski definition) is 0. The third-order valence-corrected chi connectivity index (χ3v) is 2.33. The summed E-state index contributed by atoms with van der Waals surface area (Å²) in [5, 5.41) is 4.22. The first kappa shape index (κ1) is 11.1. The van der Waals surface area contributed by atoms with Gasteiger partial charge in [0.1, 0.15) is 0 Å². The summed E-state index contributed by atoms with van der Waals surface area (Å²) in [5.41, 5.74) is 2.17. The molecule has 0 unspecified atom stereocenters. The fourth-order valence-corrected chi connectivity index (χ4v) is 1.33. The molecular weight excluding hydrogens is 196 g/mol. The van der Waals surface area contributed by atoms with Gasteiger partial charge >= 0.3 is 0 Å². The molecule has 0 aliphatic carbocycles. The molecule has 0 amide bonds.